The number of hydrogen-bond acceptors (Lipinski definition) is 4. The highest BCUT2D eigenvalue weighted by Crippen LogP contribution is 2.22. The van der Waals surface area contributed by atoms with E-state index in [0.29, 0.717) is 18.0 Å². The summed E-state index contributed by atoms with van der Waals surface area (Å²) < 4.78 is 5.22. The average Bonchev–Trinajstić information content (AvgIpc) is 2.62. The molecule has 0 aliphatic carbocycles. The SMILES string of the molecule is CCN(CC)c1cc(CNC(=O)Nc2ccccc2OC)ccn1. The number of carbonyl (C=O) groups is 1. The summed E-state index contributed by atoms with van der Waals surface area (Å²) in [5.74, 6) is 1.55. The van der Waals surface area contributed by atoms with Gasteiger partial charge in [-0.25, -0.2) is 9.78 Å². The molecule has 24 heavy (non-hydrogen) atoms. The largest absolute Gasteiger partial charge is 0.495 e. The van der Waals surface area contributed by atoms with Gasteiger partial charge in [0.1, 0.15) is 11.6 Å². The van der Waals surface area contributed by atoms with Crippen molar-refractivity contribution in [3.8, 4) is 5.75 Å². The van der Waals surface area contributed by atoms with Crippen LogP contribution in [0.5, 0.6) is 5.75 Å². The first-order valence-corrected chi connectivity index (χ1v) is 8.05. The molecular formula is C18H24N4O2. The topological polar surface area (TPSA) is 66.5 Å². The molecule has 128 valence electrons. The lowest BCUT2D eigenvalue weighted by Crippen LogP contribution is -2.28. The highest BCUT2D eigenvalue weighted by Gasteiger charge is 2.08. The number of aromatic nitrogens is 1. The van der Waals surface area contributed by atoms with E-state index in [1.54, 1.807) is 25.4 Å². The number of para-hydroxylation sites is 2. The van der Waals surface area contributed by atoms with Gasteiger partial charge in [-0.2, -0.15) is 0 Å². The molecule has 0 aliphatic heterocycles. The minimum absolute atomic E-state index is 0.277. The summed E-state index contributed by atoms with van der Waals surface area (Å²) in [4.78, 5) is 18.6. The molecule has 1 aromatic carbocycles. The third-order valence-electron chi connectivity index (χ3n) is 3.71. The second kappa shape index (κ2) is 8.76. The molecule has 1 aromatic heterocycles. The van der Waals surface area contributed by atoms with Crippen molar-refractivity contribution in [2.24, 2.45) is 0 Å². The van der Waals surface area contributed by atoms with Crippen LogP contribution in [0.4, 0.5) is 16.3 Å². The molecule has 1 heterocycles. The zero-order chi connectivity index (χ0) is 17.4. The van der Waals surface area contributed by atoms with Gasteiger partial charge in [-0.15, -0.1) is 0 Å². The Morgan fingerprint density at radius 3 is 2.67 bits per heavy atom. The molecule has 0 bridgehead atoms. The molecule has 0 unspecified atom stereocenters. The van der Waals surface area contributed by atoms with Crippen LogP contribution in [0.1, 0.15) is 19.4 Å². The maximum Gasteiger partial charge on any atom is 0.319 e. The Kier molecular flexibility index (Phi) is 6.42. The van der Waals surface area contributed by atoms with Gasteiger partial charge in [0.25, 0.3) is 0 Å². The van der Waals surface area contributed by atoms with Gasteiger partial charge in [0.15, 0.2) is 0 Å². The van der Waals surface area contributed by atoms with E-state index in [1.807, 2.05) is 24.3 Å². The van der Waals surface area contributed by atoms with Crippen molar-refractivity contribution in [3.05, 3.63) is 48.2 Å². The predicted octanol–water partition coefficient (Wildman–Crippen LogP) is 3.26. The number of rotatable bonds is 7. The fraction of sp³-hybridized carbons (Fsp3) is 0.333. The van der Waals surface area contributed by atoms with Crippen molar-refractivity contribution >= 4 is 17.5 Å². The Morgan fingerprint density at radius 2 is 1.96 bits per heavy atom. The molecule has 0 aliphatic rings. The van der Waals surface area contributed by atoms with Crippen molar-refractivity contribution in [3.63, 3.8) is 0 Å². The summed E-state index contributed by atoms with van der Waals surface area (Å²) in [5.41, 5.74) is 1.64. The summed E-state index contributed by atoms with van der Waals surface area (Å²) >= 11 is 0. The van der Waals surface area contributed by atoms with Gasteiger partial charge in [0.2, 0.25) is 0 Å². The molecule has 0 saturated carbocycles. The number of hydrogen-bond donors (Lipinski definition) is 2. The van der Waals surface area contributed by atoms with E-state index in [9.17, 15) is 4.79 Å². The minimum Gasteiger partial charge on any atom is -0.495 e. The highest BCUT2D eigenvalue weighted by molar-refractivity contribution is 5.90. The van der Waals surface area contributed by atoms with Crippen LogP contribution in [-0.2, 0) is 6.54 Å². The summed E-state index contributed by atoms with van der Waals surface area (Å²) in [6, 6.07) is 10.9. The molecule has 6 nitrogen and oxygen atoms in total. The van der Waals surface area contributed by atoms with E-state index < -0.39 is 0 Å². The van der Waals surface area contributed by atoms with Crippen LogP contribution in [0.3, 0.4) is 0 Å². The predicted molar refractivity (Wildman–Crippen MR) is 96.7 cm³/mol. The third-order valence-corrected chi connectivity index (χ3v) is 3.71. The molecular weight excluding hydrogens is 304 g/mol. The Balaban J connectivity index is 1.95. The number of ether oxygens (including phenoxy) is 1. The Labute approximate surface area is 142 Å². The smallest absolute Gasteiger partial charge is 0.319 e. The van der Waals surface area contributed by atoms with Crippen molar-refractivity contribution in [1.82, 2.24) is 10.3 Å². The lowest BCUT2D eigenvalue weighted by atomic mass is 10.2. The first-order chi connectivity index (χ1) is 11.7. The maximum atomic E-state index is 12.1. The number of pyridine rings is 1. The van der Waals surface area contributed by atoms with Crippen LogP contribution in [-0.4, -0.2) is 31.2 Å². The number of nitrogens with zero attached hydrogens (tertiary/aromatic N) is 2. The van der Waals surface area contributed by atoms with Crippen molar-refractivity contribution in [1.29, 1.82) is 0 Å². The van der Waals surface area contributed by atoms with Crippen LogP contribution >= 0.6 is 0 Å². The lowest BCUT2D eigenvalue weighted by Gasteiger charge is -2.20. The first kappa shape index (κ1) is 17.6. The molecule has 6 heteroatoms. The summed E-state index contributed by atoms with van der Waals surface area (Å²) in [5, 5.41) is 5.64. The third kappa shape index (κ3) is 4.62. The van der Waals surface area contributed by atoms with Gasteiger partial charge in [0.05, 0.1) is 12.8 Å². The quantitative estimate of drug-likeness (QED) is 0.819. The van der Waals surface area contributed by atoms with E-state index in [0.717, 1.165) is 24.5 Å². The van der Waals surface area contributed by atoms with Crippen LogP contribution in [0.2, 0.25) is 0 Å². The Bertz CT molecular complexity index is 672. The van der Waals surface area contributed by atoms with E-state index >= 15 is 0 Å². The van der Waals surface area contributed by atoms with E-state index in [2.05, 4.69) is 34.4 Å². The highest BCUT2D eigenvalue weighted by atomic mass is 16.5. The maximum absolute atomic E-state index is 12.1. The van der Waals surface area contributed by atoms with Gasteiger partial charge in [-0.05, 0) is 43.7 Å². The van der Waals surface area contributed by atoms with Gasteiger partial charge in [-0.3, -0.25) is 0 Å². The first-order valence-electron chi connectivity index (χ1n) is 8.05. The number of amides is 2. The van der Waals surface area contributed by atoms with E-state index in [-0.39, 0.29) is 6.03 Å². The fourth-order valence-electron chi connectivity index (χ4n) is 2.39. The molecule has 0 fully saturated rings. The molecule has 0 radical (unpaired) electrons. The normalized spacial score (nSPS) is 10.1. The monoisotopic (exact) mass is 328 g/mol. The summed E-state index contributed by atoms with van der Waals surface area (Å²) in [7, 11) is 1.57. The summed E-state index contributed by atoms with van der Waals surface area (Å²) in [6.07, 6.45) is 1.77. The zero-order valence-electron chi connectivity index (χ0n) is 14.4. The lowest BCUT2D eigenvalue weighted by molar-refractivity contribution is 0.251. The van der Waals surface area contributed by atoms with E-state index in [4.69, 9.17) is 4.74 Å². The molecule has 2 N–H and O–H groups in total. The van der Waals surface area contributed by atoms with Crippen LogP contribution in [0, 0.1) is 0 Å². The molecule has 2 rings (SSSR count). The second-order valence-electron chi connectivity index (χ2n) is 5.20. The fourth-order valence-corrected chi connectivity index (χ4v) is 2.39. The van der Waals surface area contributed by atoms with Gasteiger partial charge < -0.3 is 20.3 Å². The van der Waals surface area contributed by atoms with Crippen LogP contribution < -0.4 is 20.3 Å². The van der Waals surface area contributed by atoms with Gasteiger partial charge in [-0.1, -0.05) is 12.1 Å². The zero-order valence-corrected chi connectivity index (χ0v) is 14.4. The molecule has 2 aromatic rings. The molecule has 0 atom stereocenters. The number of carbonyl (C=O) groups excluding carboxylic acids is 1. The minimum atomic E-state index is -0.277. The second-order valence-corrected chi connectivity index (χ2v) is 5.20. The number of benzene rings is 1. The number of anilines is 2. The van der Waals surface area contributed by atoms with Crippen molar-refractivity contribution in [2.45, 2.75) is 20.4 Å². The Morgan fingerprint density at radius 1 is 1.21 bits per heavy atom. The molecule has 0 spiro atoms. The van der Waals surface area contributed by atoms with Gasteiger partial charge >= 0.3 is 6.03 Å². The molecule has 2 amide bonds. The van der Waals surface area contributed by atoms with Crippen molar-refractivity contribution in [2.75, 3.05) is 30.4 Å². The standard InChI is InChI=1S/C18H24N4O2/c1-4-22(5-2)17-12-14(10-11-19-17)13-20-18(23)21-15-8-6-7-9-16(15)24-3/h6-12H,4-5,13H2,1-3H3,(H2,20,21,23). The van der Waals surface area contributed by atoms with Crippen LogP contribution in [0.25, 0.3) is 0 Å². The number of urea groups is 1. The average molecular weight is 328 g/mol. The van der Waals surface area contributed by atoms with Gasteiger partial charge in [0, 0.05) is 25.8 Å². The van der Waals surface area contributed by atoms with E-state index in [1.165, 1.54) is 0 Å². The Hall–Kier alpha value is -2.76. The van der Waals surface area contributed by atoms with Crippen molar-refractivity contribution < 1.29 is 9.53 Å². The molecule has 0 saturated heterocycles. The number of methoxy groups -OCH3 is 1. The summed E-state index contributed by atoms with van der Waals surface area (Å²) in [6.45, 7) is 6.41. The van der Waals surface area contributed by atoms with Crippen LogP contribution in [0.15, 0.2) is 42.6 Å². The number of nitrogens with one attached hydrogen (secondary N) is 2.